The average Bonchev–Trinajstić information content (AvgIpc) is 2.61. The second kappa shape index (κ2) is 2.57. The second-order valence-electron chi connectivity index (χ2n) is 3.81. The number of nitrogens with two attached hydrogens (primary N) is 1. The zero-order valence-electron chi connectivity index (χ0n) is 7.05. The van der Waals surface area contributed by atoms with Crippen LogP contribution in [-0.4, -0.2) is 5.54 Å². The molecule has 0 spiro atoms. The fourth-order valence-corrected chi connectivity index (χ4v) is 1.84. The molecule has 1 aliphatic carbocycles. The minimum Gasteiger partial charge on any atom is -0.325 e. The molecule has 0 amide bonds. The lowest BCUT2D eigenvalue weighted by Gasteiger charge is -2.03. The largest absolute Gasteiger partial charge is 0.325 e. The molecule has 0 heterocycles. The van der Waals surface area contributed by atoms with Crippen molar-refractivity contribution in [3.05, 3.63) is 34.3 Å². The molecule has 2 unspecified atom stereocenters. The van der Waals surface area contributed by atoms with Crippen molar-refractivity contribution >= 4 is 15.9 Å². The van der Waals surface area contributed by atoms with Crippen molar-refractivity contribution in [1.29, 1.82) is 0 Å². The molecule has 0 bridgehead atoms. The highest BCUT2D eigenvalue weighted by Crippen LogP contribution is 2.48. The SMILES string of the molecule is CC1(N)CC1c1ccc(Br)cc1. The molecule has 1 aromatic rings. The van der Waals surface area contributed by atoms with Crippen LogP contribution in [0.4, 0.5) is 0 Å². The van der Waals surface area contributed by atoms with Gasteiger partial charge in [0.25, 0.3) is 0 Å². The van der Waals surface area contributed by atoms with Crippen LogP contribution in [0.15, 0.2) is 28.7 Å². The molecule has 2 rings (SSSR count). The first-order valence-corrected chi connectivity index (χ1v) is 4.93. The Bertz CT molecular complexity index is 289. The molecule has 1 nitrogen and oxygen atoms in total. The summed E-state index contributed by atoms with van der Waals surface area (Å²) in [7, 11) is 0. The van der Waals surface area contributed by atoms with Crippen molar-refractivity contribution in [2.24, 2.45) is 5.73 Å². The number of hydrogen-bond donors (Lipinski definition) is 1. The van der Waals surface area contributed by atoms with E-state index < -0.39 is 0 Å². The molecule has 2 heteroatoms. The van der Waals surface area contributed by atoms with Gasteiger partial charge < -0.3 is 5.73 Å². The molecule has 1 saturated carbocycles. The van der Waals surface area contributed by atoms with Crippen molar-refractivity contribution in [2.75, 3.05) is 0 Å². The molecule has 2 N–H and O–H groups in total. The maximum Gasteiger partial charge on any atom is 0.0202 e. The minimum atomic E-state index is 0.0494. The summed E-state index contributed by atoms with van der Waals surface area (Å²) in [5, 5.41) is 0. The number of hydrogen-bond acceptors (Lipinski definition) is 1. The van der Waals surface area contributed by atoms with Gasteiger partial charge in [-0.3, -0.25) is 0 Å². The Kier molecular flexibility index (Phi) is 1.77. The summed E-state index contributed by atoms with van der Waals surface area (Å²) in [4.78, 5) is 0. The van der Waals surface area contributed by atoms with Crippen molar-refractivity contribution in [1.82, 2.24) is 0 Å². The van der Waals surface area contributed by atoms with Gasteiger partial charge in [0.1, 0.15) is 0 Å². The van der Waals surface area contributed by atoms with Crippen LogP contribution in [0.25, 0.3) is 0 Å². The minimum absolute atomic E-state index is 0.0494. The molecule has 1 aliphatic rings. The predicted octanol–water partition coefficient (Wildman–Crippen LogP) is 2.65. The summed E-state index contributed by atoms with van der Waals surface area (Å²) >= 11 is 3.41. The first-order valence-electron chi connectivity index (χ1n) is 4.14. The van der Waals surface area contributed by atoms with Crippen LogP contribution in [0.3, 0.4) is 0 Å². The van der Waals surface area contributed by atoms with Crippen LogP contribution < -0.4 is 5.73 Å². The van der Waals surface area contributed by atoms with Gasteiger partial charge in [0.15, 0.2) is 0 Å². The summed E-state index contributed by atoms with van der Waals surface area (Å²) < 4.78 is 1.13. The Morgan fingerprint density at radius 2 is 1.92 bits per heavy atom. The third-order valence-corrected chi connectivity index (χ3v) is 3.08. The second-order valence-corrected chi connectivity index (χ2v) is 4.73. The third kappa shape index (κ3) is 1.41. The lowest BCUT2D eigenvalue weighted by Crippen LogP contribution is -2.18. The van der Waals surface area contributed by atoms with E-state index in [9.17, 15) is 0 Å². The van der Waals surface area contributed by atoms with Crippen molar-refractivity contribution in [2.45, 2.75) is 24.8 Å². The Labute approximate surface area is 81.1 Å². The molecule has 0 radical (unpaired) electrons. The van der Waals surface area contributed by atoms with Gasteiger partial charge in [0.2, 0.25) is 0 Å². The van der Waals surface area contributed by atoms with E-state index in [2.05, 4.69) is 47.1 Å². The average molecular weight is 226 g/mol. The third-order valence-electron chi connectivity index (χ3n) is 2.55. The highest BCUT2D eigenvalue weighted by atomic mass is 79.9. The van der Waals surface area contributed by atoms with E-state index in [0.29, 0.717) is 5.92 Å². The molecule has 1 fully saturated rings. The van der Waals surface area contributed by atoms with Gasteiger partial charge in [0.05, 0.1) is 0 Å². The summed E-state index contributed by atoms with van der Waals surface area (Å²) in [5.41, 5.74) is 7.38. The van der Waals surface area contributed by atoms with E-state index in [4.69, 9.17) is 5.73 Å². The maximum atomic E-state index is 5.97. The van der Waals surface area contributed by atoms with Crippen LogP contribution >= 0.6 is 15.9 Å². The summed E-state index contributed by atoms with van der Waals surface area (Å²) in [6.07, 6.45) is 1.12. The lowest BCUT2D eigenvalue weighted by atomic mass is 10.1. The van der Waals surface area contributed by atoms with Gasteiger partial charge >= 0.3 is 0 Å². The highest BCUT2D eigenvalue weighted by Gasteiger charge is 2.47. The van der Waals surface area contributed by atoms with E-state index in [1.165, 1.54) is 5.56 Å². The summed E-state index contributed by atoms with van der Waals surface area (Å²) in [6, 6.07) is 8.44. The van der Waals surface area contributed by atoms with Crippen LogP contribution in [0.1, 0.15) is 24.8 Å². The first-order chi connectivity index (χ1) is 5.59. The first kappa shape index (κ1) is 8.27. The van der Waals surface area contributed by atoms with Crippen LogP contribution in [-0.2, 0) is 0 Å². The normalized spacial score (nSPS) is 33.4. The molecule has 0 saturated heterocycles. The van der Waals surface area contributed by atoms with Gasteiger partial charge in [-0.25, -0.2) is 0 Å². The molecule has 2 atom stereocenters. The standard InChI is InChI=1S/C10H12BrN/c1-10(12)6-9(10)7-2-4-8(11)5-3-7/h2-5,9H,6,12H2,1H3. The van der Waals surface area contributed by atoms with Gasteiger partial charge in [-0.1, -0.05) is 28.1 Å². The molecule has 1 aromatic carbocycles. The topological polar surface area (TPSA) is 26.0 Å². The Morgan fingerprint density at radius 1 is 1.42 bits per heavy atom. The predicted molar refractivity (Wildman–Crippen MR) is 54.1 cm³/mol. The fraction of sp³-hybridized carbons (Fsp3) is 0.400. The Balaban J connectivity index is 2.21. The van der Waals surface area contributed by atoms with Crippen LogP contribution in [0, 0.1) is 0 Å². The summed E-state index contributed by atoms with van der Waals surface area (Å²) in [6.45, 7) is 2.11. The Hall–Kier alpha value is -0.340. The zero-order chi connectivity index (χ0) is 8.77. The number of halogens is 1. The van der Waals surface area contributed by atoms with E-state index in [1.54, 1.807) is 0 Å². The lowest BCUT2D eigenvalue weighted by molar-refractivity contribution is 0.728. The molecule has 0 aromatic heterocycles. The number of benzene rings is 1. The molecule has 12 heavy (non-hydrogen) atoms. The Morgan fingerprint density at radius 3 is 2.33 bits per heavy atom. The van der Waals surface area contributed by atoms with Crippen LogP contribution in [0.2, 0.25) is 0 Å². The molecular formula is C10H12BrN. The van der Waals surface area contributed by atoms with E-state index in [0.717, 1.165) is 10.9 Å². The van der Waals surface area contributed by atoms with Crippen LogP contribution in [0.5, 0.6) is 0 Å². The maximum absolute atomic E-state index is 5.97. The monoisotopic (exact) mass is 225 g/mol. The van der Waals surface area contributed by atoms with Crippen molar-refractivity contribution in [3.63, 3.8) is 0 Å². The van der Waals surface area contributed by atoms with Gasteiger partial charge in [-0.05, 0) is 31.0 Å². The van der Waals surface area contributed by atoms with Gasteiger partial charge in [0, 0.05) is 15.9 Å². The molecule has 0 aliphatic heterocycles. The molecular weight excluding hydrogens is 214 g/mol. The van der Waals surface area contributed by atoms with E-state index >= 15 is 0 Å². The summed E-state index contributed by atoms with van der Waals surface area (Å²) in [5.74, 6) is 0.575. The number of rotatable bonds is 1. The quantitative estimate of drug-likeness (QED) is 0.782. The molecule has 64 valence electrons. The van der Waals surface area contributed by atoms with E-state index in [1.807, 2.05) is 0 Å². The van der Waals surface area contributed by atoms with E-state index in [-0.39, 0.29) is 5.54 Å². The van der Waals surface area contributed by atoms with Crippen molar-refractivity contribution < 1.29 is 0 Å². The van der Waals surface area contributed by atoms with Crippen molar-refractivity contribution in [3.8, 4) is 0 Å². The zero-order valence-corrected chi connectivity index (χ0v) is 8.64. The highest BCUT2D eigenvalue weighted by molar-refractivity contribution is 9.10. The van der Waals surface area contributed by atoms with Gasteiger partial charge in [-0.15, -0.1) is 0 Å². The van der Waals surface area contributed by atoms with Gasteiger partial charge in [-0.2, -0.15) is 0 Å². The fourth-order valence-electron chi connectivity index (χ4n) is 1.57. The smallest absolute Gasteiger partial charge is 0.0202 e.